The van der Waals surface area contributed by atoms with Crippen molar-refractivity contribution >= 4 is 11.6 Å². The highest BCUT2D eigenvalue weighted by molar-refractivity contribution is 5.90. The van der Waals surface area contributed by atoms with Gasteiger partial charge in [-0.05, 0) is 26.0 Å². The lowest BCUT2D eigenvalue weighted by Crippen LogP contribution is -2.23. The third-order valence-corrected chi connectivity index (χ3v) is 2.50. The van der Waals surface area contributed by atoms with E-state index in [1.165, 1.54) is 5.56 Å². The molecule has 0 bridgehead atoms. The molecule has 2 rings (SSSR count). The summed E-state index contributed by atoms with van der Waals surface area (Å²) in [5, 5.41) is 9.38. The van der Waals surface area contributed by atoms with Crippen molar-refractivity contribution in [3.8, 4) is 0 Å². The van der Waals surface area contributed by atoms with E-state index >= 15 is 0 Å². The average Bonchev–Trinajstić information content (AvgIpc) is 2.87. The molecule has 100 valence electrons. The van der Waals surface area contributed by atoms with Gasteiger partial charge in [-0.1, -0.05) is 22.9 Å². The van der Waals surface area contributed by atoms with Crippen molar-refractivity contribution in [1.82, 2.24) is 15.5 Å². The molecule has 6 nitrogen and oxygen atoms in total. The molecule has 2 N–H and O–H groups in total. The van der Waals surface area contributed by atoms with Crippen LogP contribution in [0.5, 0.6) is 0 Å². The largest absolute Gasteiger partial charge is 0.376 e. The van der Waals surface area contributed by atoms with Gasteiger partial charge in [0.25, 0.3) is 11.7 Å². The SMILES string of the molecule is CCNC(=O)c1noc(CNc2ccc(C)cc2)n1. The van der Waals surface area contributed by atoms with Gasteiger partial charge in [0, 0.05) is 12.2 Å². The lowest BCUT2D eigenvalue weighted by atomic mass is 10.2. The highest BCUT2D eigenvalue weighted by atomic mass is 16.5. The maximum absolute atomic E-state index is 11.5. The Hall–Kier alpha value is -2.37. The van der Waals surface area contributed by atoms with Gasteiger partial charge in [-0.2, -0.15) is 4.98 Å². The molecule has 2 aromatic rings. The summed E-state index contributed by atoms with van der Waals surface area (Å²) in [4.78, 5) is 15.5. The van der Waals surface area contributed by atoms with E-state index in [1.54, 1.807) is 0 Å². The molecule has 0 unspecified atom stereocenters. The van der Waals surface area contributed by atoms with E-state index in [-0.39, 0.29) is 11.7 Å². The van der Waals surface area contributed by atoms with Crippen molar-refractivity contribution in [2.24, 2.45) is 0 Å². The van der Waals surface area contributed by atoms with Gasteiger partial charge in [0.2, 0.25) is 5.89 Å². The molecular weight excluding hydrogens is 244 g/mol. The van der Waals surface area contributed by atoms with Crippen LogP contribution in [0.15, 0.2) is 28.8 Å². The molecule has 0 radical (unpaired) electrons. The van der Waals surface area contributed by atoms with Crippen LogP contribution in [-0.2, 0) is 6.54 Å². The number of hydrogen-bond donors (Lipinski definition) is 2. The quantitative estimate of drug-likeness (QED) is 0.856. The smallest absolute Gasteiger partial charge is 0.292 e. The zero-order valence-electron chi connectivity index (χ0n) is 10.9. The Kier molecular flexibility index (Phi) is 4.12. The van der Waals surface area contributed by atoms with Crippen LogP contribution in [0.1, 0.15) is 29.0 Å². The Morgan fingerprint density at radius 3 is 2.74 bits per heavy atom. The van der Waals surface area contributed by atoms with Crippen molar-refractivity contribution in [2.75, 3.05) is 11.9 Å². The number of aromatic nitrogens is 2. The minimum absolute atomic E-state index is 0.0579. The van der Waals surface area contributed by atoms with Gasteiger partial charge in [0.05, 0.1) is 6.54 Å². The Balaban J connectivity index is 1.93. The predicted molar refractivity (Wildman–Crippen MR) is 70.8 cm³/mol. The van der Waals surface area contributed by atoms with Crippen LogP contribution in [0.2, 0.25) is 0 Å². The van der Waals surface area contributed by atoms with Crippen LogP contribution in [0.3, 0.4) is 0 Å². The van der Waals surface area contributed by atoms with Crippen LogP contribution in [0.25, 0.3) is 0 Å². The fraction of sp³-hybridized carbons (Fsp3) is 0.308. The fourth-order valence-electron chi connectivity index (χ4n) is 1.51. The first-order valence-electron chi connectivity index (χ1n) is 6.10. The van der Waals surface area contributed by atoms with Crippen molar-refractivity contribution in [3.05, 3.63) is 41.5 Å². The number of carbonyl (C=O) groups is 1. The summed E-state index contributed by atoms with van der Waals surface area (Å²) in [6, 6.07) is 7.96. The van der Waals surface area contributed by atoms with Crippen LogP contribution < -0.4 is 10.6 Å². The molecule has 6 heteroatoms. The summed E-state index contributed by atoms with van der Waals surface area (Å²) in [6.45, 7) is 4.78. The summed E-state index contributed by atoms with van der Waals surface area (Å²) in [5.74, 6) is 0.109. The Morgan fingerprint density at radius 2 is 2.05 bits per heavy atom. The summed E-state index contributed by atoms with van der Waals surface area (Å²) in [7, 11) is 0. The molecule has 0 fully saturated rings. The highest BCUT2D eigenvalue weighted by Crippen LogP contribution is 2.10. The van der Waals surface area contributed by atoms with E-state index in [0.717, 1.165) is 5.69 Å². The fourth-order valence-corrected chi connectivity index (χ4v) is 1.51. The third-order valence-electron chi connectivity index (χ3n) is 2.50. The van der Waals surface area contributed by atoms with Crippen molar-refractivity contribution in [2.45, 2.75) is 20.4 Å². The maximum atomic E-state index is 11.5. The predicted octanol–water partition coefficient (Wildman–Crippen LogP) is 1.74. The molecule has 1 amide bonds. The Bertz CT molecular complexity index is 548. The van der Waals surface area contributed by atoms with Crippen LogP contribution in [-0.4, -0.2) is 22.6 Å². The zero-order valence-corrected chi connectivity index (χ0v) is 10.9. The summed E-state index contributed by atoms with van der Waals surface area (Å²) in [5.41, 5.74) is 2.16. The number of nitrogens with one attached hydrogen (secondary N) is 2. The minimum Gasteiger partial charge on any atom is -0.376 e. The number of amides is 1. The zero-order chi connectivity index (χ0) is 13.7. The molecule has 0 aliphatic carbocycles. The van der Waals surface area contributed by atoms with Gasteiger partial charge in [-0.15, -0.1) is 0 Å². The molecule has 0 atom stereocenters. The minimum atomic E-state index is -0.326. The van der Waals surface area contributed by atoms with Gasteiger partial charge in [0.1, 0.15) is 0 Å². The second kappa shape index (κ2) is 5.99. The molecule has 0 aliphatic rings. The number of hydrogen-bond acceptors (Lipinski definition) is 5. The number of nitrogens with zero attached hydrogens (tertiary/aromatic N) is 2. The van der Waals surface area contributed by atoms with E-state index in [9.17, 15) is 4.79 Å². The summed E-state index contributed by atoms with van der Waals surface area (Å²) >= 11 is 0. The van der Waals surface area contributed by atoms with Crippen LogP contribution in [0, 0.1) is 6.92 Å². The first-order chi connectivity index (χ1) is 9.19. The summed E-state index contributed by atoms with van der Waals surface area (Å²) in [6.07, 6.45) is 0. The van der Waals surface area contributed by atoms with E-state index in [0.29, 0.717) is 19.0 Å². The molecule has 1 heterocycles. The third kappa shape index (κ3) is 3.54. The van der Waals surface area contributed by atoms with Crippen LogP contribution in [0.4, 0.5) is 5.69 Å². The molecule has 1 aromatic carbocycles. The second-order valence-corrected chi connectivity index (χ2v) is 4.09. The van der Waals surface area contributed by atoms with Gasteiger partial charge >= 0.3 is 0 Å². The maximum Gasteiger partial charge on any atom is 0.292 e. The van der Waals surface area contributed by atoms with E-state index in [4.69, 9.17) is 4.52 Å². The molecular formula is C13H16N4O2. The van der Waals surface area contributed by atoms with E-state index in [1.807, 2.05) is 38.1 Å². The number of carbonyl (C=O) groups excluding carboxylic acids is 1. The van der Waals surface area contributed by atoms with E-state index in [2.05, 4.69) is 20.8 Å². The molecule has 0 spiro atoms. The monoisotopic (exact) mass is 260 g/mol. The van der Waals surface area contributed by atoms with Gasteiger partial charge in [-0.25, -0.2) is 0 Å². The Morgan fingerprint density at radius 1 is 1.32 bits per heavy atom. The summed E-state index contributed by atoms with van der Waals surface area (Å²) < 4.78 is 4.99. The van der Waals surface area contributed by atoms with Crippen LogP contribution >= 0.6 is 0 Å². The highest BCUT2D eigenvalue weighted by Gasteiger charge is 2.13. The molecule has 0 saturated heterocycles. The lowest BCUT2D eigenvalue weighted by molar-refractivity contribution is 0.0942. The van der Waals surface area contributed by atoms with Gasteiger partial charge in [0.15, 0.2) is 0 Å². The normalized spacial score (nSPS) is 10.2. The lowest BCUT2D eigenvalue weighted by Gasteiger charge is -2.02. The first kappa shape index (κ1) is 13.1. The first-order valence-corrected chi connectivity index (χ1v) is 6.10. The van der Waals surface area contributed by atoms with E-state index < -0.39 is 0 Å². The number of benzene rings is 1. The van der Waals surface area contributed by atoms with Gasteiger partial charge < -0.3 is 15.2 Å². The van der Waals surface area contributed by atoms with Gasteiger partial charge in [-0.3, -0.25) is 4.79 Å². The number of rotatable bonds is 5. The molecule has 1 aromatic heterocycles. The topological polar surface area (TPSA) is 80.0 Å². The van der Waals surface area contributed by atoms with Crippen molar-refractivity contribution < 1.29 is 9.32 Å². The van der Waals surface area contributed by atoms with Crippen molar-refractivity contribution in [1.29, 1.82) is 0 Å². The molecule has 0 saturated carbocycles. The van der Waals surface area contributed by atoms with Crippen molar-refractivity contribution in [3.63, 3.8) is 0 Å². The second-order valence-electron chi connectivity index (χ2n) is 4.09. The Labute approximate surface area is 111 Å². The molecule has 19 heavy (non-hydrogen) atoms. The number of anilines is 1. The number of aryl methyl sites for hydroxylation is 1. The molecule has 0 aliphatic heterocycles. The average molecular weight is 260 g/mol. The standard InChI is InChI=1S/C13H16N4O2/c1-3-14-13(18)12-16-11(19-17-12)8-15-10-6-4-9(2)5-7-10/h4-7,15H,3,8H2,1-2H3,(H,14,18).